The van der Waals surface area contributed by atoms with Gasteiger partial charge in [-0.15, -0.1) is 0 Å². The van der Waals surface area contributed by atoms with E-state index < -0.39 is 0 Å². The summed E-state index contributed by atoms with van der Waals surface area (Å²) in [6.07, 6.45) is 0. The first-order valence-corrected chi connectivity index (χ1v) is 5.92. The molecular formula is C14H18N2O. The van der Waals surface area contributed by atoms with Crippen molar-refractivity contribution in [3.63, 3.8) is 0 Å². The third-order valence-electron chi connectivity index (χ3n) is 3.01. The molecule has 0 aliphatic carbocycles. The number of benzene rings is 1. The Bertz CT molecular complexity index is 454. The molecule has 1 aliphatic heterocycles. The molecule has 0 bridgehead atoms. The van der Waals surface area contributed by atoms with Gasteiger partial charge in [-0.3, -0.25) is 0 Å². The predicted molar refractivity (Wildman–Crippen MR) is 68.5 cm³/mol. The monoisotopic (exact) mass is 230 g/mol. The van der Waals surface area contributed by atoms with Gasteiger partial charge >= 0.3 is 0 Å². The summed E-state index contributed by atoms with van der Waals surface area (Å²) in [5, 5.41) is 8.84. The highest BCUT2D eigenvalue weighted by atomic mass is 16.5. The molecule has 0 N–H and O–H groups in total. The Labute approximate surface area is 103 Å². The average Bonchev–Trinajstić information content (AvgIpc) is 2.28. The van der Waals surface area contributed by atoms with E-state index in [0.29, 0.717) is 13.2 Å². The minimum Gasteiger partial charge on any atom is -0.489 e. The van der Waals surface area contributed by atoms with Gasteiger partial charge in [0.2, 0.25) is 0 Å². The Hall–Kier alpha value is -1.69. The molecule has 0 radical (unpaired) electrons. The minimum absolute atomic E-state index is 0.0565. The second-order valence-corrected chi connectivity index (χ2v) is 5.33. The second kappa shape index (κ2) is 4.29. The maximum Gasteiger partial charge on any atom is 0.146 e. The number of nitriles is 1. The van der Waals surface area contributed by atoms with Crippen LogP contribution in [0.15, 0.2) is 18.2 Å². The molecule has 17 heavy (non-hydrogen) atoms. The highest BCUT2D eigenvalue weighted by Crippen LogP contribution is 2.40. The van der Waals surface area contributed by atoms with Gasteiger partial charge in [-0.1, -0.05) is 32.9 Å². The van der Waals surface area contributed by atoms with Gasteiger partial charge in [0.1, 0.15) is 18.9 Å². The summed E-state index contributed by atoms with van der Waals surface area (Å²) in [5.74, 6) is 0.946. The molecular weight excluding hydrogens is 212 g/mol. The lowest BCUT2D eigenvalue weighted by atomic mass is 9.85. The first-order chi connectivity index (χ1) is 8.04. The third-order valence-corrected chi connectivity index (χ3v) is 3.01. The largest absolute Gasteiger partial charge is 0.489 e. The van der Waals surface area contributed by atoms with E-state index in [-0.39, 0.29) is 5.41 Å². The number of anilines is 1. The van der Waals surface area contributed by atoms with E-state index in [1.807, 2.05) is 12.1 Å². The molecule has 1 aliphatic rings. The Balaban J connectivity index is 2.48. The Morgan fingerprint density at radius 2 is 2.18 bits per heavy atom. The van der Waals surface area contributed by atoms with Crippen LogP contribution in [-0.4, -0.2) is 19.7 Å². The molecule has 1 aromatic carbocycles. The lowest BCUT2D eigenvalue weighted by Crippen LogP contribution is -2.34. The lowest BCUT2D eigenvalue weighted by molar-refractivity contribution is 0.301. The third kappa shape index (κ3) is 2.21. The van der Waals surface area contributed by atoms with Crippen molar-refractivity contribution in [2.24, 2.45) is 0 Å². The fraction of sp³-hybridized carbons (Fsp3) is 0.500. The predicted octanol–water partition coefficient (Wildman–Crippen LogP) is 2.71. The number of nitrogens with zero attached hydrogens (tertiary/aromatic N) is 2. The fourth-order valence-corrected chi connectivity index (χ4v) is 2.14. The number of rotatable bonds is 1. The van der Waals surface area contributed by atoms with Crippen LogP contribution < -0.4 is 9.64 Å². The summed E-state index contributed by atoms with van der Waals surface area (Å²) in [5.41, 5.74) is 2.31. The molecule has 90 valence electrons. The molecule has 1 aromatic rings. The van der Waals surface area contributed by atoms with E-state index in [2.05, 4.69) is 37.8 Å². The number of hydrogen-bond acceptors (Lipinski definition) is 3. The molecule has 0 unspecified atom stereocenters. The van der Waals surface area contributed by atoms with Crippen molar-refractivity contribution >= 4 is 5.69 Å². The van der Waals surface area contributed by atoms with Crippen molar-refractivity contribution in [2.75, 3.05) is 24.6 Å². The van der Waals surface area contributed by atoms with Gasteiger partial charge in [0.05, 0.1) is 18.3 Å². The van der Waals surface area contributed by atoms with Crippen molar-refractivity contribution in [1.29, 1.82) is 5.26 Å². The first-order valence-electron chi connectivity index (χ1n) is 5.92. The molecule has 3 heteroatoms. The minimum atomic E-state index is 0.0565. The zero-order chi connectivity index (χ0) is 12.5. The summed E-state index contributed by atoms with van der Waals surface area (Å²) < 4.78 is 5.81. The molecule has 0 fully saturated rings. The molecule has 2 rings (SSSR count). The summed E-state index contributed by atoms with van der Waals surface area (Å²) >= 11 is 0. The van der Waals surface area contributed by atoms with Crippen LogP contribution in [-0.2, 0) is 5.41 Å². The normalized spacial score (nSPS) is 14.8. The molecule has 0 saturated carbocycles. The van der Waals surface area contributed by atoms with Gasteiger partial charge in [0.25, 0.3) is 0 Å². The number of para-hydroxylation sites is 1. The maximum atomic E-state index is 8.84. The molecule has 0 aromatic heterocycles. The van der Waals surface area contributed by atoms with Crippen LogP contribution in [0.3, 0.4) is 0 Å². The molecule has 0 spiro atoms. The standard InChI is InChI=1S/C14H18N2O/c1-14(2,3)11-5-4-6-12-13(11)17-10-9-16(12)8-7-15/h4-6H,8-10H2,1-3H3. The molecule has 0 amide bonds. The van der Waals surface area contributed by atoms with Crippen molar-refractivity contribution < 1.29 is 4.74 Å². The summed E-state index contributed by atoms with van der Waals surface area (Å²) in [6.45, 7) is 8.39. The molecule has 1 heterocycles. The van der Waals surface area contributed by atoms with Crippen LogP contribution in [0.5, 0.6) is 5.75 Å². The van der Waals surface area contributed by atoms with E-state index >= 15 is 0 Å². The summed E-state index contributed by atoms with van der Waals surface area (Å²) in [6, 6.07) is 8.38. The van der Waals surface area contributed by atoms with Crippen LogP contribution in [0.25, 0.3) is 0 Å². The van der Waals surface area contributed by atoms with Gasteiger partial charge in [0, 0.05) is 5.56 Å². The van der Waals surface area contributed by atoms with Crippen LogP contribution >= 0.6 is 0 Å². The summed E-state index contributed by atoms with van der Waals surface area (Å²) in [4.78, 5) is 2.08. The van der Waals surface area contributed by atoms with E-state index in [0.717, 1.165) is 18.0 Å². The molecule has 3 nitrogen and oxygen atoms in total. The zero-order valence-electron chi connectivity index (χ0n) is 10.7. The van der Waals surface area contributed by atoms with Crippen LogP contribution in [0.1, 0.15) is 26.3 Å². The highest BCUT2D eigenvalue weighted by Gasteiger charge is 2.26. The first kappa shape index (κ1) is 11.8. The van der Waals surface area contributed by atoms with Gasteiger partial charge < -0.3 is 9.64 Å². The highest BCUT2D eigenvalue weighted by molar-refractivity contribution is 5.65. The van der Waals surface area contributed by atoms with Crippen molar-refractivity contribution in [2.45, 2.75) is 26.2 Å². The number of ether oxygens (including phenoxy) is 1. The van der Waals surface area contributed by atoms with Gasteiger partial charge in [-0.25, -0.2) is 0 Å². The van der Waals surface area contributed by atoms with Gasteiger partial charge in [-0.05, 0) is 11.5 Å². The van der Waals surface area contributed by atoms with E-state index in [4.69, 9.17) is 10.00 Å². The van der Waals surface area contributed by atoms with Crippen molar-refractivity contribution in [1.82, 2.24) is 0 Å². The Morgan fingerprint density at radius 3 is 2.82 bits per heavy atom. The van der Waals surface area contributed by atoms with Gasteiger partial charge in [-0.2, -0.15) is 5.26 Å². The van der Waals surface area contributed by atoms with Gasteiger partial charge in [0.15, 0.2) is 0 Å². The van der Waals surface area contributed by atoms with E-state index in [9.17, 15) is 0 Å². The van der Waals surface area contributed by atoms with Crippen molar-refractivity contribution in [3.05, 3.63) is 23.8 Å². The van der Waals surface area contributed by atoms with Crippen LogP contribution in [0.2, 0.25) is 0 Å². The van der Waals surface area contributed by atoms with Crippen LogP contribution in [0.4, 0.5) is 5.69 Å². The zero-order valence-corrected chi connectivity index (χ0v) is 10.7. The average molecular weight is 230 g/mol. The quantitative estimate of drug-likeness (QED) is 0.696. The smallest absolute Gasteiger partial charge is 0.146 e. The second-order valence-electron chi connectivity index (χ2n) is 5.33. The molecule has 0 saturated heterocycles. The van der Waals surface area contributed by atoms with E-state index in [1.165, 1.54) is 5.56 Å². The number of fused-ring (bicyclic) bond motifs is 1. The SMILES string of the molecule is CC(C)(C)c1cccc2c1OCCN2CC#N. The Kier molecular flexibility index (Phi) is 2.97. The van der Waals surface area contributed by atoms with E-state index in [1.54, 1.807) is 0 Å². The fourth-order valence-electron chi connectivity index (χ4n) is 2.14. The molecule has 0 atom stereocenters. The number of hydrogen-bond donors (Lipinski definition) is 0. The van der Waals surface area contributed by atoms with Crippen LogP contribution in [0, 0.1) is 11.3 Å². The summed E-state index contributed by atoms with van der Waals surface area (Å²) in [7, 11) is 0. The Morgan fingerprint density at radius 1 is 1.41 bits per heavy atom. The topological polar surface area (TPSA) is 36.3 Å². The lowest BCUT2D eigenvalue weighted by Gasteiger charge is -2.33. The van der Waals surface area contributed by atoms with Crippen molar-refractivity contribution in [3.8, 4) is 11.8 Å². The maximum absolute atomic E-state index is 8.84.